The van der Waals surface area contributed by atoms with Crippen molar-refractivity contribution in [3.8, 4) is 0 Å². The van der Waals surface area contributed by atoms with Gasteiger partial charge in [-0.1, -0.05) is 36.4 Å². The number of hydrogen-bond donors (Lipinski definition) is 0. The molecule has 0 aliphatic carbocycles. The van der Waals surface area contributed by atoms with Crippen LogP contribution in [0.25, 0.3) is 10.2 Å². The monoisotopic (exact) mass is 491 g/mol. The normalized spacial score (nSPS) is 16.1. The zero-order valence-electron chi connectivity index (χ0n) is 18.8. The molecule has 3 aromatic carbocycles. The molecule has 2 heterocycles. The van der Waals surface area contributed by atoms with E-state index in [0.29, 0.717) is 17.8 Å². The molecule has 6 nitrogen and oxygen atoms in total. The van der Waals surface area contributed by atoms with Crippen LogP contribution in [-0.2, 0) is 10.0 Å². The van der Waals surface area contributed by atoms with Gasteiger partial charge >= 0.3 is 0 Å². The van der Waals surface area contributed by atoms with E-state index in [0.717, 1.165) is 28.1 Å². The van der Waals surface area contributed by atoms with Crippen molar-refractivity contribution in [2.24, 2.45) is 0 Å². The molecule has 1 atom stereocenters. The third kappa shape index (κ3) is 4.08. The number of para-hydroxylation sites is 2. The summed E-state index contributed by atoms with van der Waals surface area (Å²) in [7, 11) is -3.81. The lowest BCUT2D eigenvalue weighted by molar-refractivity contribution is 0.0735. The van der Waals surface area contributed by atoms with Crippen LogP contribution in [0.5, 0.6) is 0 Å². The minimum absolute atomic E-state index is 0.0957. The van der Waals surface area contributed by atoms with Gasteiger partial charge in [-0.2, -0.15) is 0 Å². The number of anilines is 1. The Balaban J connectivity index is 1.45. The Kier molecular flexibility index (Phi) is 6.10. The third-order valence-electron chi connectivity index (χ3n) is 6.11. The van der Waals surface area contributed by atoms with E-state index in [1.165, 1.54) is 10.4 Å². The molecule has 1 aliphatic heterocycles. The number of aromatic nitrogens is 1. The number of hydrogen-bond acceptors (Lipinski definition) is 5. The lowest BCUT2D eigenvalue weighted by atomic mass is 10.1. The molecule has 0 saturated carbocycles. The van der Waals surface area contributed by atoms with Crippen molar-refractivity contribution in [2.45, 2.75) is 30.7 Å². The highest BCUT2D eigenvalue weighted by Crippen LogP contribution is 2.37. The average molecular weight is 492 g/mol. The maximum absolute atomic E-state index is 13.5. The predicted octanol–water partition coefficient (Wildman–Crippen LogP) is 5.49. The Hall–Kier alpha value is -3.23. The first-order valence-corrected chi connectivity index (χ1v) is 13.6. The average Bonchev–Trinajstić information content (AvgIpc) is 3.52. The summed E-state index contributed by atoms with van der Waals surface area (Å²) in [5.41, 5.74) is 1.91. The molecule has 1 aliphatic rings. The molecule has 0 bridgehead atoms. The smallest absolute Gasteiger partial charge is 0.264 e. The number of amides is 1. The molecule has 1 fully saturated rings. The van der Waals surface area contributed by atoms with E-state index in [2.05, 4.69) is 0 Å². The fourth-order valence-corrected chi connectivity index (χ4v) is 7.10. The lowest BCUT2D eigenvalue weighted by Gasteiger charge is -2.25. The molecule has 0 N–H and O–H groups in total. The summed E-state index contributed by atoms with van der Waals surface area (Å²) in [6.45, 7) is 2.71. The van der Waals surface area contributed by atoms with E-state index >= 15 is 0 Å². The van der Waals surface area contributed by atoms with Crippen molar-refractivity contribution in [1.29, 1.82) is 0 Å². The number of benzene rings is 3. The molecular weight excluding hydrogens is 466 g/mol. The van der Waals surface area contributed by atoms with Crippen LogP contribution < -0.4 is 4.31 Å². The van der Waals surface area contributed by atoms with Gasteiger partial charge in [0.2, 0.25) is 0 Å². The van der Waals surface area contributed by atoms with Crippen LogP contribution in [0.4, 0.5) is 5.69 Å². The second-order valence-corrected chi connectivity index (χ2v) is 11.1. The van der Waals surface area contributed by atoms with E-state index in [4.69, 9.17) is 4.98 Å². The van der Waals surface area contributed by atoms with Crippen molar-refractivity contribution in [1.82, 2.24) is 9.88 Å². The first-order valence-electron chi connectivity index (χ1n) is 11.3. The summed E-state index contributed by atoms with van der Waals surface area (Å²) in [6, 6.07) is 23.3. The lowest BCUT2D eigenvalue weighted by Crippen LogP contribution is -2.32. The zero-order chi connectivity index (χ0) is 23.7. The van der Waals surface area contributed by atoms with Crippen LogP contribution in [0.2, 0.25) is 0 Å². The number of thiazole rings is 1. The first-order chi connectivity index (χ1) is 16.5. The van der Waals surface area contributed by atoms with E-state index in [1.807, 2.05) is 47.4 Å². The van der Waals surface area contributed by atoms with Crippen LogP contribution in [0.1, 0.15) is 41.2 Å². The van der Waals surface area contributed by atoms with Crippen LogP contribution >= 0.6 is 11.3 Å². The summed E-state index contributed by atoms with van der Waals surface area (Å²) >= 11 is 1.62. The van der Waals surface area contributed by atoms with E-state index < -0.39 is 10.0 Å². The minimum Gasteiger partial charge on any atom is -0.329 e. The number of carbonyl (C=O) groups excluding carboxylic acids is 1. The van der Waals surface area contributed by atoms with Crippen LogP contribution in [0, 0.1) is 0 Å². The molecule has 4 aromatic rings. The number of sulfonamides is 1. The topological polar surface area (TPSA) is 70.6 Å². The van der Waals surface area contributed by atoms with E-state index in [9.17, 15) is 13.2 Å². The number of carbonyl (C=O) groups is 1. The van der Waals surface area contributed by atoms with E-state index in [1.54, 1.807) is 48.6 Å². The highest BCUT2D eigenvalue weighted by molar-refractivity contribution is 7.92. The Morgan fingerprint density at radius 3 is 2.59 bits per heavy atom. The van der Waals surface area contributed by atoms with Crippen molar-refractivity contribution >= 4 is 43.2 Å². The van der Waals surface area contributed by atoms with Gasteiger partial charge in [0, 0.05) is 18.7 Å². The van der Waals surface area contributed by atoms with Gasteiger partial charge in [-0.3, -0.25) is 9.10 Å². The van der Waals surface area contributed by atoms with Crippen molar-refractivity contribution in [3.05, 3.63) is 89.4 Å². The SMILES string of the molecule is CCN(c1ccccc1)S(=O)(=O)c1cccc(C(=O)N2CCC[C@H]2c2nc3ccccc3s2)c1. The Bertz CT molecular complexity index is 1400. The van der Waals surface area contributed by atoms with E-state index in [-0.39, 0.29) is 23.4 Å². The number of fused-ring (bicyclic) bond motifs is 1. The Labute approximate surface area is 203 Å². The molecule has 0 unspecified atom stereocenters. The summed E-state index contributed by atoms with van der Waals surface area (Å²) in [6.07, 6.45) is 1.74. The molecule has 8 heteroatoms. The quantitative estimate of drug-likeness (QED) is 0.358. The number of nitrogens with zero attached hydrogens (tertiary/aromatic N) is 3. The van der Waals surface area contributed by atoms with Gasteiger partial charge in [-0.05, 0) is 62.2 Å². The number of rotatable bonds is 6. The second kappa shape index (κ2) is 9.19. The van der Waals surface area contributed by atoms with Crippen LogP contribution in [0.15, 0.2) is 83.8 Å². The summed E-state index contributed by atoms with van der Waals surface area (Å²) in [4.78, 5) is 20.2. The zero-order valence-corrected chi connectivity index (χ0v) is 20.4. The van der Waals surface area contributed by atoms with Gasteiger partial charge in [-0.15, -0.1) is 11.3 Å². The maximum Gasteiger partial charge on any atom is 0.264 e. The maximum atomic E-state index is 13.5. The molecule has 1 amide bonds. The van der Waals surface area contributed by atoms with Crippen LogP contribution in [-0.4, -0.2) is 37.3 Å². The van der Waals surface area contributed by atoms with Gasteiger partial charge in [0.05, 0.1) is 26.8 Å². The van der Waals surface area contributed by atoms with Gasteiger partial charge in [0.15, 0.2) is 0 Å². The molecular formula is C26H25N3O3S2. The summed E-state index contributed by atoms with van der Waals surface area (Å²) in [5.74, 6) is -0.165. The van der Waals surface area contributed by atoms with Gasteiger partial charge in [-0.25, -0.2) is 13.4 Å². The van der Waals surface area contributed by atoms with Crippen molar-refractivity contribution in [2.75, 3.05) is 17.4 Å². The number of likely N-dealkylation sites (tertiary alicyclic amines) is 1. The van der Waals surface area contributed by atoms with Gasteiger partial charge < -0.3 is 4.90 Å². The molecule has 0 spiro atoms. The molecule has 1 aromatic heterocycles. The van der Waals surface area contributed by atoms with Crippen LogP contribution in [0.3, 0.4) is 0 Å². The fraction of sp³-hybridized carbons (Fsp3) is 0.231. The molecule has 5 rings (SSSR count). The highest BCUT2D eigenvalue weighted by Gasteiger charge is 2.33. The summed E-state index contributed by atoms with van der Waals surface area (Å²) < 4.78 is 29.3. The standard InChI is InChI=1S/C26H25N3O3S2/c1-2-29(20-11-4-3-5-12-20)34(31,32)21-13-8-10-19(18-21)26(30)28-17-9-15-23(28)25-27-22-14-6-7-16-24(22)33-25/h3-8,10-14,16,18,23H,2,9,15,17H2,1H3/t23-/m0/s1. The van der Waals surface area contributed by atoms with Gasteiger partial charge in [0.1, 0.15) is 5.01 Å². The summed E-state index contributed by atoms with van der Waals surface area (Å²) in [5, 5.41) is 0.928. The predicted molar refractivity (Wildman–Crippen MR) is 136 cm³/mol. The molecule has 0 radical (unpaired) electrons. The Morgan fingerprint density at radius 2 is 1.82 bits per heavy atom. The largest absolute Gasteiger partial charge is 0.329 e. The molecule has 174 valence electrons. The fourth-order valence-electron chi connectivity index (χ4n) is 4.47. The second-order valence-electron chi connectivity index (χ2n) is 8.21. The Morgan fingerprint density at radius 1 is 1.06 bits per heavy atom. The third-order valence-corrected chi connectivity index (χ3v) is 9.15. The molecule has 1 saturated heterocycles. The van der Waals surface area contributed by atoms with Crippen molar-refractivity contribution < 1.29 is 13.2 Å². The first kappa shape index (κ1) is 22.6. The minimum atomic E-state index is -3.81. The highest BCUT2D eigenvalue weighted by atomic mass is 32.2. The molecule has 34 heavy (non-hydrogen) atoms. The van der Waals surface area contributed by atoms with Crippen molar-refractivity contribution in [3.63, 3.8) is 0 Å². The van der Waals surface area contributed by atoms with Gasteiger partial charge in [0.25, 0.3) is 15.9 Å².